The first-order valence-corrected chi connectivity index (χ1v) is 5.94. The van der Waals surface area contributed by atoms with Crippen molar-refractivity contribution >= 4 is 5.78 Å². The van der Waals surface area contributed by atoms with Crippen LogP contribution in [0.15, 0.2) is 25.3 Å². The van der Waals surface area contributed by atoms with E-state index >= 15 is 0 Å². The molecule has 17 heavy (non-hydrogen) atoms. The number of ether oxygens (including phenoxy) is 2. The minimum atomic E-state index is 0.464. The maximum Gasteiger partial charge on any atom is 0.132 e. The second-order valence-corrected chi connectivity index (χ2v) is 3.59. The molecule has 0 aromatic heterocycles. The van der Waals surface area contributed by atoms with Gasteiger partial charge in [-0.1, -0.05) is 18.6 Å². The Balaban J connectivity index is 0. The van der Waals surface area contributed by atoms with Gasteiger partial charge < -0.3 is 9.47 Å². The SMILES string of the molecule is C=CCOC.C=CCOC.O=C1CCCCC1. The van der Waals surface area contributed by atoms with E-state index in [4.69, 9.17) is 0 Å². The van der Waals surface area contributed by atoms with Crippen LogP contribution in [0.1, 0.15) is 32.1 Å². The summed E-state index contributed by atoms with van der Waals surface area (Å²) < 4.78 is 9.15. The second-order valence-electron chi connectivity index (χ2n) is 3.59. The molecule has 100 valence electrons. The van der Waals surface area contributed by atoms with E-state index in [-0.39, 0.29) is 0 Å². The molecule has 0 aliphatic heterocycles. The summed E-state index contributed by atoms with van der Waals surface area (Å²) in [7, 11) is 3.28. The fourth-order valence-corrected chi connectivity index (χ4v) is 1.18. The predicted octanol–water partition coefficient (Wildman–Crippen LogP) is 3.16. The topological polar surface area (TPSA) is 35.5 Å². The van der Waals surface area contributed by atoms with Crippen molar-refractivity contribution in [3.05, 3.63) is 25.3 Å². The molecule has 0 atom stereocenters. The zero-order valence-electron chi connectivity index (χ0n) is 11.2. The van der Waals surface area contributed by atoms with Gasteiger partial charge in [-0.3, -0.25) is 4.79 Å². The molecule has 0 bridgehead atoms. The van der Waals surface area contributed by atoms with Crippen LogP contribution >= 0.6 is 0 Å². The summed E-state index contributed by atoms with van der Waals surface area (Å²) in [6, 6.07) is 0. The lowest BCUT2D eigenvalue weighted by atomic mass is 10.00. The molecule has 3 heteroatoms. The van der Waals surface area contributed by atoms with Gasteiger partial charge in [0.15, 0.2) is 0 Å². The van der Waals surface area contributed by atoms with Gasteiger partial charge in [0.25, 0.3) is 0 Å². The predicted molar refractivity (Wildman–Crippen MR) is 72.2 cm³/mol. The summed E-state index contributed by atoms with van der Waals surface area (Å²) in [5.74, 6) is 0.464. The zero-order chi connectivity index (χ0) is 13.4. The Bertz CT molecular complexity index is 170. The molecular weight excluding hydrogens is 216 g/mol. The molecule has 0 N–H and O–H groups in total. The molecular formula is C14H26O3. The van der Waals surface area contributed by atoms with Crippen molar-refractivity contribution in [2.24, 2.45) is 0 Å². The summed E-state index contributed by atoms with van der Waals surface area (Å²) >= 11 is 0. The van der Waals surface area contributed by atoms with E-state index in [1.165, 1.54) is 6.42 Å². The third-order valence-corrected chi connectivity index (χ3v) is 1.98. The number of ketones is 1. The Hall–Kier alpha value is -0.930. The first-order chi connectivity index (χ1) is 8.22. The van der Waals surface area contributed by atoms with Crippen LogP contribution in [0, 0.1) is 0 Å². The third-order valence-electron chi connectivity index (χ3n) is 1.98. The van der Waals surface area contributed by atoms with E-state index in [1.54, 1.807) is 26.4 Å². The van der Waals surface area contributed by atoms with E-state index in [2.05, 4.69) is 22.6 Å². The van der Waals surface area contributed by atoms with Crippen LogP contribution in [0.25, 0.3) is 0 Å². The summed E-state index contributed by atoms with van der Waals surface area (Å²) in [5, 5.41) is 0. The van der Waals surface area contributed by atoms with E-state index < -0.39 is 0 Å². The van der Waals surface area contributed by atoms with Gasteiger partial charge in [-0.2, -0.15) is 0 Å². The summed E-state index contributed by atoms with van der Waals surface area (Å²) in [5.41, 5.74) is 0. The summed E-state index contributed by atoms with van der Waals surface area (Å²) in [6.45, 7) is 8.16. The highest BCUT2D eigenvalue weighted by Crippen LogP contribution is 2.12. The van der Waals surface area contributed by atoms with Gasteiger partial charge in [0.2, 0.25) is 0 Å². The average molecular weight is 242 g/mol. The Labute approximate surface area is 105 Å². The summed E-state index contributed by atoms with van der Waals surface area (Å²) in [4.78, 5) is 10.5. The molecule has 0 unspecified atom stereocenters. The number of hydrogen-bond donors (Lipinski definition) is 0. The molecule has 1 saturated carbocycles. The quantitative estimate of drug-likeness (QED) is 0.710. The number of hydrogen-bond acceptors (Lipinski definition) is 3. The lowest BCUT2D eigenvalue weighted by Gasteiger charge is -2.05. The van der Waals surface area contributed by atoms with E-state index in [0.29, 0.717) is 19.0 Å². The molecule has 1 aliphatic rings. The van der Waals surface area contributed by atoms with Crippen LogP contribution in [-0.4, -0.2) is 33.2 Å². The first-order valence-electron chi connectivity index (χ1n) is 5.94. The Morgan fingerprint density at radius 3 is 1.53 bits per heavy atom. The molecule has 0 aromatic carbocycles. The van der Waals surface area contributed by atoms with Gasteiger partial charge in [0.1, 0.15) is 5.78 Å². The highest BCUT2D eigenvalue weighted by atomic mass is 16.5. The maximum absolute atomic E-state index is 10.5. The van der Waals surface area contributed by atoms with Crippen molar-refractivity contribution in [2.75, 3.05) is 27.4 Å². The van der Waals surface area contributed by atoms with Gasteiger partial charge in [-0.05, 0) is 12.8 Å². The Morgan fingerprint density at radius 2 is 1.41 bits per heavy atom. The smallest absolute Gasteiger partial charge is 0.132 e. The molecule has 0 heterocycles. The van der Waals surface area contributed by atoms with Gasteiger partial charge in [0.05, 0.1) is 13.2 Å². The lowest BCUT2D eigenvalue weighted by molar-refractivity contribution is -0.120. The maximum atomic E-state index is 10.5. The number of methoxy groups -OCH3 is 2. The van der Waals surface area contributed by atoms with Crippen molar-refractivity contribution < 1.29 is 14.3 Å². The van der Waals surface area contributed by atoms with Crippen LogP contribution in [0.2, 0.25) is 0 Å². The van der Waals surface area contributed by atoms with E-state index in [1.807, 2.05) is 0 Å². The second kappa shape index (κ2) is 17.5. The van der Waals surface area contributed by atoms with Gasteiger partial charge in [0, 0.05) is 27.1 Å². The van der Waals surface area contributed by atoms with Crippen LogP contribution < -0.4 is 0 Å². The minimum absolute atomic E-state index is 0.464. The molecule has 0 aromatic rings. The van der Waals surface area contributed by atoms with Crippen molar-refractivity contribution in [1.29, 1.82) is 0 Å². The van der Waals surface area contributed by atoms with Gasteiger partial charge in [-0.15, -0.1) is 13.2 Å². The molecule has 1 aliphatic carbocycles. The largest absolute Gasteiger partial charge is 0.381 e. The van der Waals surface area contributed by atoms with Crippen molar-refractivity contribution in [2.45, 2.75) is 32.1 Å². The van der Waals surface area contributed by atoms with E-state index in [9.17, 15) is 4.79 Å². The lowest BCUT2D eigenvalue weighted by Crippen LogP contribution is -2.02. The van der Waals surface area contributed by atoms with Crippen LogP contribution in [-0.2, 0) is 14.3 Å². The molecule has 0 amide bonds. The van der Waals surface area contributed by atoms with Crippen LogP contribution in [0.5, 0.6) is 0 Å². The molecule has 0 saturated heterocycles. The normalized spacial score (nSPS) is 13.6. The van der Waals surface area contributed by atoms with Crippen LogP contribution in [0.4, 0.5) is 0 Å². The fourth-order valence-electron chi connectivity index (χ4n) is 1.18. The van der Waals surface area contributed by atoms with Gasteiger partial charge >= 0.3 is 0 Å². The average Bonchev–Trinajstić information content (AvgIpc) is 2.34. The highest BCUT2D eigenvalue weighted by molar-refractivity contribution is 5.78. The first kappa shape index (κ1) is 18.4. The van der Waals surface area contributed by atoms with Gasteiger partial charge in [-0.25, -0.2) is 0 Å². The number of Topliss-reactive ketones (excluding diaryl/α,β-unsaturated/α-hetero) is 1. The number of rotatable bonds is 4. The Morgan fingerprint density at radius 1 is 1.00 bits per heavy atom. The van der Waals surface area contributed by atoms with Crippen molar-refractivity contribution in [3.63, 3.8) is 0 Å². The minimum Gasteiger partial charge on any atom is -0.381 e. The molecule has 3 nitrogen and oxygen atoms in total. The molecule has 1 rings (SSSR count). The Kier molecular flexibility index (Phi) is 18.9. The highest BCUT2D eigenvalue weighted by Gasteiger charge is 2.05. The standard InChI is InChI=1S/C6H10O.2C4H8O/c7-6-4-2-1-3-5-6;2*1-3-4-5-2/h1-5H2;2*3H,1,4H2,2H3. The van der Waals surface area contributed by atoms with Crippen molar-refractivity contribution in [3.8, 4) is 0 Å². The molecule has 0 radical (unpaired) electrons. The zero-order valence-corrected chi connectivity index (χ0v) is 11.2. The van der Waals surface area contributed by atoms with Crippen LogP contribution in [0.3, 0.4) is 0 Å². The molecule has 1 fully saturated rings. The van der Waals surface area contributed by atoms with E-state index in [0.717, 1.165) is 25.7 Å². The monoisotopic (exact) mass is 242 g/mol. The summed E-state index contributed by atoms with van der Waals surface area (Å²) in [6.07, 6.45) is 8.66. The molecule has 0 spiro atoms. The number of carbonyl (C=O) groups is 1. The third kappa shape index (κ3) is 21.0. The number of carbonyl (C=O) groups excluding carboxylic acids is 1. The fraction of sp³-hybridized carbons (Fsp3) is 0.643. The van der Waals surface area contributed by atoms with Crippen molar-refractivity contribution in [1.82, 2.24) is 0 Å².